The van der Waals surface area contributed by atoms with E-state index in [1.807, 2.05) is 0 Å². The van der Waals surface area contributed by atoms with Gasteiger partial charge in [0.15, 0.2) is 11.6 Å². The lowest BCUT2D eigenvalue weighted by Gasteiger charge is -2.12. The van der Waals surface area contributed by atoms with Crippen LogP contribution in [0, 0.1) is 17.5 Å². The number of hydrogen-bond acceptors (Lipinski definition) is 0. The molecule has 0 radical (unpaired) electrons. The summed E-state index contributed by atoms with van der Waals surface area (Å²) in [7, 11) is 0. The lowest BCUT2D eigenvalue weighted by atomic mass is 10.0. The van der Waals surface area contributed by atoms with Crippen LogP contribution in [0.2, 0.25) is 5.02 Å². The van der Waals surface area contributed by atoms with E-state index in [1.165, 1.54) is 30.3 Å². The monoisotopic (exact) mass is 348 g/mol. The molecule has 0 spiro atoms. The number of hydrogen-bond donors (Lipinski definition) is 0. The molecule has 2 aromatic rings. The summed E-state index contributed by atoms with van der Waals surface area (Å²) in [6.07, 6.45) is 0.126. The van der Waals surface area contributed by atoms with Crippen molar-refractivity contribution in [2.45, 2.75) is 11.2 Å². The summed E-state index contributed by atoms with van der Waals surface area (Å²) < 4.78 is 40.3. The minimum atomic E-state index is -0.913. The van der Waals surface area contributed by atoms with Gasteiger partial charge < -0.3 is 0 Å². The standard InChI is InChI=1S/C14H9BrClF3/c15-11(10-7-9(16)4-5-12(10)17)6-8-2-1-3-13(18)14(8)19/h1-5,7,11H,6H2. The maximum Gasteiger partial charge on any atom is 0.162 e. The van der Waals surface area contributed by atoms with Crippen molar-refractivity contribution in [3.05, 3.63) is 70.0 Å². The maximum absolute atomic E-state index is 13.6. The highest BCUT2D eigenvalue weighted by Crippen LogP contribution is 2.31. The van der Waals surface area contributed by atoms with Crippen LogP contribution in [0.5, 0.6) is 0 Å². The quantitative estimate of drug-likeness (QED) is 0.648. The SMILES string of the molecule is Fc1ccc(Cl)cc1C(Br)Cc1cccc(F)c1F. The third-order valence-corrected chi connectivity index (χ3v) is 3.78. The number of alkyl halides is 1. The Bertz CT molecular complexity index is 601. The Kier molecular flexibility index (Phi) is 4.53. The Morgan fingerprint density at radius 2 is 1.79 bits per heavy atom. The van der Waals surface area contributed by atoms with Crippen LogP contribution in [0.4, 0.5) is 13.2 Å². The van der Waals surface area contributed by atoms with E-state index in [-0.39, 0.29) is 12.0 Å². The van der Waals surface area contributed by atoms with Gasteiger partial charge in [0.05, 0.1) is 0 Å². The van der Waals surface area contributed by atoms with Gasteiger partial charge in [-0.1, -0.05) is 39.7 Å². The van der Waals surface area contributed by atoms with Crippen LogP contribution in [-0.2, 0) is 6.42 Å². The highest BCUT2D eigenvalue weighted by molar-refractivity contribution is 9.09. The molecule has 0 heterocycles. The maximum atomic E-state index is 13.6. The van der Waals surface area contributed by atoms with Crippen LogP contribution in [0.1, 0.15) is 16.0 Å². The van der Waals surface area contributed by atoms with E-state index in [2.05, 4.69) is 15.9 Å². The molecule has 2 aromatic carbocycles. The van der Waals surface area contributed by atoms with E-state index in [0.29, 0.717) is 10.6 Å². The fourth-order valence-electron chi connectivity index (χ4n) is 1.76. The molecule has 0 saturated carbocycles. The highest BCUT2D eigenvalue weighted by Gasteiger charge is 2.17. The summed E-state index contributed by atoms with van der Waals surface area (Å²) in [5.41, 5.74) is 0.498. The van der Waals surface area contributed by atoms with Crippen LogP contribution in [-0.4, -0.2) is 0 Å². The molecule has 0 aliphatic carbocycles. The van der Waals surface area contributed by atoms with Gasteiger partial charge in [-0.15, -0.1) is 0 Å². The third kappa shape index (κ3) is 3.31. The molecule has 0 bridgehead atoms. The van der Waals surface area contributed by atoms with Crippen LogP contribution < -0.4 is 0 Å². The van der Waals surface area contributed by atoms with Crippen molar-refractivity contribution in [1.29, 1.82) is 0 Å². The first-order chi connectivity index (χ1) is 8.99. The molecule has 0 saturated heterocycles. The van der Waals surface area contributed by atoms with Crippen LogP contribution in [0.3, 0.4) is 0 Å². The normalized spacial score (nSPS) is 12.5. The lowest BCUT2D eigenvalue weighted by molar-refractivity contribution is 0.498. The van der Waals surface area contributed by atoms with E-state index in [0.717, 1.165) is 6.07 Å². The summed E-state index contributed by atoms with van der Waals surface area (Å²) in [5.74, 6) is -2.26. The Balaban J connectivity index is 2.28. The molecule has 0 fully saturated rings. The van der Waals surface area contributed by atoms with E-state index in [1.54, 1.807) is 0 Å². The van der Waals surface area contributed by atoms with Crippen molar-refractivity contribution < 1.29 is 13.2 Å². The zero-order valence-corrected chi connectivity index (χ0v) is 12.0. The van der Waals surface area contributed by atoms with Crippen molar-refractivity contribution in [3.8, 4) is 0 Å². The minimum absolute atomic E-state index is 0.126. The fraction of sp³-hybridized carbons (Fsp3) is 0.143. The molecule has 0 amide bonds. The summed E-state index contributed by atoms with van der Waals surface area (Å²) in [6, 6.07) is 8.07. The van der Waals surface area contributed by atoms with Gasteiger partial charge in [0.25, 0.3) is 0 Å². The number of benzene rings is 2. The van der Waals surface area contributed by atoms with E-state index in [9.17, 15) is 13.2 Å². The number of halogens is 5. The first kappa shape index (κ1) is 14.4. The second kappa shape index (κ2) is 5.97. The summed E-state index contributed by atoms with van der Waals surface area (Å²) in [5, 5.41) is 0.389. The molecular weight excluding hydrogens is 341 g/mol. The van der Waals surface area contributed by atoms with Crippen LogP contribution in [0.25, 0.3) is 0 Å². The fourth-order valence-corrected chi connectivity index (χ4v) is 2.64. The Morgan fingerprint density at radius 3 is 2.53 bits per heavy atom. The molecular formula is C14H9BrClF3. The van der Waals surface area contributed by atoms with E-state index < -0.39 is 22.3 Å². The first-order valence-electron chi connectivity index (χ1n) is 5.51. The van der Waals surface area contributed by atoms with Crippen molar-refractivity contribution in [2.75, 3.05) is 0 Å². The van der Waals surface area contributed by atoms with Gasteiger partial charge in [0, 0.05) is 15.4 Å². The second-order valence-corrected chi connectivity index (χ2v) is 5.59. The summed E-state index contributed by atoms with van der Waals surface area (Å²) in [6.45, 7) is 0. The largest absolute Gasteiger partial charge is 0.207 e. The Labute approximate surface area is 122 Å². The highest BCUT2D eigenvalue weighted by atomic mass is 79.9. The minimum Gasteiger partial charge on any atom is -0.207 e. The summed E-state index contributed by atoms with van der Waals surface area (Å²) in [4.78, 5) is -0.484. The van der Waals surface area contributed by atoms with Crippen molar-refractivity contribution in [3.63, 3.8) is 0 Å². The topological polar surface area (TPSA) is 0 Å². The molecule has 0 N–H and O–H groups in total. The Hall–Kier alpha value is -1.00. The van der Waals surface area contributed by atoms with Crippen molar-refractivity contribution in [1.82, 2.24) is 0 Å². The van der Waals surface area contributed by atoms with Crippen molar-refractivity contribution >= 4 is 27.5 Å². The van der Waals surface area contributed by atoms with Gasteiger partial charge in [-0.25, -0.2) is 13.2 Å². The third-order valence-electron chi connectivity index (χ3n) is 2.73. The van der Waals surface area contributed by atoms with E-state index >= 15 is 0 Å². The first-order valence-corrected chi connectivity index (χ1v) is 6.80. The van der Waals surface area contributed by atoms with Crippen LogP contribution >= 0.6 is 27.5 Å². The second-order valence-electron chi connectivity index (χ2n) is 4.05. The molecule has 19 heavy (non-hydrogen) atoms. The molecule has 1 unspecified atom stereocenters. The average Bonchev–Trinajstić information content (AvgIpc) is 2.38. The molecule has 2 rings (SSSR count). The van der Waals surface area contributed by atoms with Gasteiger partial charge in [0.2, 0.25) is 0 Å². The van der Waals surface area contributed by atoms with Gasteiger partial charge in [-0.2, -0.15) is 0 Å². The molecule has 100 valence electrons. The molecule has 1 atom stereocenters. The van der Waals surface area contributed by atoms with E-state index in [4.69, 9.17) is 11.6 Å². The van der Waals surface area contributed by atoms with Crippen LogP contribution in [0.15, 0.2) is 36.4 Å². The molecule has 5 heteroatoms. The average molecular weight is 350 g/mol. The van der Waals surface area contributed by atoms with Gasteiger partial charge in [-0.05, 0) is 36.2 Å². The predicted molar refractivity (Wildman–Crippen MR) is 73.1 cm³/mol. The molecule has 0 nitrogen and oxygen atoms in total. The summed E-state index contributed by atoms with van der Waals surface area (Å²) >= 11 is 9.08. The Morgan fingerprint density at radius 1 is 1.05 bits per heavy atom. The predicted octanol–water partition coefficient (Wildman–Crippen LogP) is 5.44. The van der Waals surface area contributed by atoms with Gasteiger partial charge in [0.1, 0.15) is 5.82 Å². The zero-order valence-electron chi connectivity index (χ0n) is 9.64. The smallest absolute Gasteiger partial charge is 0.162 e. The van der Waals surface area contributed by atoms with Gasteiger partial charge >= 0.3 is 0 Å². The number of rotatable bonds is 3. The lowest BCUT2D eigenvalue weighted by Crippen LogP contribution is -2.02. The molecule has 0 aromatic heterocycles. The van der Waals surface area contributed by atoms with Crippen molar-refractivity contribution in [2.24, 2.45) is 0 Å². The molecule has 0 aliphatic rings. The zero-order chi connectivity index (χ0) is 14.0. The molecule has 0 aliphatic heterocycles. The van der Waals surface area contributed by atoms with Gasteiger partial charge in [-0.3, -0.25) is 0 Å².